The normalized spacial score (nSPS) is 35.4. The molecule has 3 nitrogen and oxygen atoms in total. The molecule has 0 amide bonds. The minimum Gasteiger partial charge on any atom is -0.459 e. The summed E-state index contributed by atoms with van der Waals surface area (Å²) in [7, 11) is 0. The lowest BCUT2D eigenvalue weighted by atomic mass is 9.64. The van der Waals surface area contributed by atoms with E-state index in [2.05, 4.69) is 6.58 Å². The molecule has 0 radical (unpaired) electrons. The summed E-state index contributed by atoms with van der Waals surface area (Å²) in [6, 6.07) is 0. The summed E-state index contributed by atoms with van der Waals surface area (Å²) in [5.41, 5.74) is 0. The van der Waals surface area contributed by atoms with Crippen LogP contribution in [0.25, 0.3) is 0 Å². The van der Waals surface area contributed by atoms with Gasteiger partial charge >= 0.3 is 5.97 Å². The molecule has 3 heteroatoms. The van der Waals surface area contributed by atoms with Gasteiger partial charge in [0.2, 0.25) is 0 Å². The predicted octanol–water partition coefficient (Wildman–Crippen LogP) is 1.47. The van der Waals surface area contributed by atoms with Gasteiger partial charge in [-0.25, -0.2) is 4.79 Å². The van der Waals surface area contributed by atoms with Gasteiger partial charge in [-0.1, -0.05) is 6.58 Å². The molecule has 0 aliphatic heterocycles. The fraction of sp³-hybridized carbons (Fsp3) is 0.636. The highest BCUT2D eigenvalue weighted by Crippen LogP contribution is 2.42. The first-order chi connectivity index (χ1) is 6.70. The van der Waals surface area contributed by atoms with Gasteiger partial charge in [-0.2, -0.15) is 0 Å². The van der Waals surface area contributed by atoms with Crippen molar-refractivity contribution in [3.8, 4) is 0 Å². The van der Waals surface area contributed by atoms with E-state index in [1.165, 1.54) is 6.08 Å². The Morgan fingerprint density at radius 1 is 1.50 bits per heavy atom. The second kappa shape index (κ2) is 3.56. The van der Waals surface area contributed by atoms with Crippen LogP contribution in [-0.4, -0.2) is 17.9 Å². The van der Waals surface area contributed by atoms with Gasteiger partial charge < -0.3 is 4.74 Å². The number of rotatable bonds is 2. The van der Waals surface area contributed by atoms with E-state index in [1.807, 2.05) is 0 Å². The van der Waals surface area contributed by atoms with Crippen LogP contribution < -0.4 is 0 Å². The predicted molar refractivity (Wildman–Crippen MR) is 50.5 cm³/mol. The number of fused-ring (bicyclic) bond motifs is 1. The summed E-state index contributed by atoms with van der Waals surface area (Å²) < 4.78 is 5.13. The number of ketones is 1. The molecule has 0 N–H and O–H groups in total. The number of ether oxygens (including phenoxy) is 1. The Bertz CT molecular complexity index is 282. The molecule has 0 spiro atoms. The lowest BCUT2D eigenvalue weighted by Gasteiger charge is -2.41. The topological polar surface area (TPSA) is 43.4 Å². The highest BCUT2D eigenvalue weighted by atomic mass is 16.5. The Balaban J connectivity index is 1.87. The second-order valence-corrected chi connectivity index (χ2v) is 4.11. The number of carbonyl (C=O) groups excluding carboxylic acids is 2. The van der Waals surface area contributed by atoms with Crippen molar-refractivity contribution in [1.29, 1.82) is 0 Å². The molecule has 0 saturated heterocycles. The summed E-state index contributed by atoms with van der Waals surface area (Å²) >= 11 is 0. The highest BCUT2D eigenvalue weighted by Gasteiger charge is 2.44. The van der Waals surface area contributed by atoms with Crippen LogP contribution in [0.2, 0.25) is 0 Å². The third kappa shape index (κ3) is 1.59. The zero-order valence-corrected chi connectivity index (χ0v) is 8.07. The number of carbonyl (C=O) groups is 2. The number of hydrogen-bond acceptors (Lipinski definition) is 3. The molecule has 2 aliphatic rings. The molecule has 0 heterocycles. The van der Waals surface area contributed by atoms with Crippen LogP contribution in [0, 0.1) is 11.8 Å². The summed E-state index contributed by atoms with van der Waals surface area (Å²) in [5, 5.41) is 0. The van der Waals surface area contributed by atoms with Crippen molar-refractivity contribution in [2.45, 2.75) is 31.8 Å². The van der Waals surface area contributed by atoms with Gasteiger partial charge in [0.05, 0.1) is 0 Å². The van der Waals surface area contributed by atoms with E-state index in [1.54, 1.807) is 0 Å². The Morgan fingerprint density at radius 3 is 2.93 bits per heavy atom. The Morgan fingerprint density at radius 2 is 2.29 bits per heavy atom. The van der Waals surface area contributed by atoms with Crippen LogP contribution in [0.5, 0.6) is 0 Å². The molecule has 3 atom stereocenters. The molecule has 0 aromatic carbocycles. The fourth-order valence-electron chi connectivity index (χ4n) is 2.40. The van der Waals surface area contributed by atoms with Crippen LogP contribution >= 0.6 is 0 Å². The fourth-order valence-corrected chi connectivity index (χ4v) is 2.40. The van der Waals surface area contributed by atoms with Crippen molar-refractivity contribution in [3.05, 3.63) is 12.7 Å². The summed E-state index contributed by atoms with van der Waals surface area (Å²) in [6.07, 6.45) is 4.50. The molecule has 2 aliphatic carbocycles. The van der Waals surface area contributed by atoms with Crippen LogP contribution in [0.1, 0.15) is 25.7 Å². The smallest absolute Gasteiger partial charge is 0.330 e. The molecule has 76 valence electrons. The van der Waals surface area contributed by atoms with E-state index >= 15 is 0 Å². The second-order valence-electron chi connectivity index (χ2n) is 4.11. The maximum atomic E-state index is 11.2. The first-order valence-electron chi connectivity index (χ1n) is 5.06. The lowest BCUT2D eigenvalue weighted by molar-refractivity contribution is -0.152. The van der Waals surface area contributed by atoms with Crippen molar-refractivity contribution < 1.29 is 14.3 Å². The van der Waals surface area contributed by atoms with Gasteiger partial charge in [0, 0.05) is 18.4 Å². The largest absolute Gasteiger partial charge is 0.459 e. The third-order valence-electron chi connectivity index (χ3n) is 3.27. The van der Waals surface area contributed by atoms with Crippen molar-refractivity contribution >= 4 is 11.8 Å². The Labute approximate surface area is 83.1 Å². The SMILES string of the molecule is C=CC(=O)OC1CCC2CC(=O)C2C1. The van der Waals surface area contributed by atoms with Crippen LogP contribution in [0.15, 0.2) is 12.7 Å². The number of hydrogen-bond donors (Lipinski definition) is 0. The molecule has 0 aromatic heterocycles. The summed E-state index contributed by atoms with van der Waals surface area (Å²) in [6.45, 7) is 3.35. The van der Waals surface area contributed by atoms with E-state index in [0.29, 0.717) is 11.7 Å². The monoisotopic (exact) mass is 194 g/mol. The van der Waals surface area contributed by atoms with Gasteiger partial charge in [0.25, 0.3) is 0 Å². The zero-order chi connectivity index (χ0) is 10.1. The molecule has 3 unspecified atom stereocenters. The molecular weight excluding hydrogens is 180 g/mol. The highest BCUT2D eigenvalue weighted by molar-refractivity contribution is 5.87. The van der Waals surface area contributed by atoms with Gasteiger partial charge in [-0.05, 0) is 25.2 Å². The lowest BCUT2D eigenvalue weighted by Crippen LogP contribution is -2.44. The maximum absolute atomic E-state index is 11.2. The van der Waals surface area contributed by atoms with Crippen LogP contribution in [0.4, 0.5) is 0 Å². The molecule has 2 saturated carbocycles. The average molecular weight is 194 g/mol. The molecule has 0 bridgehead atoms. The molecular formula is C11H14O3. The summed E-state index contributed by atoms with van der Waals surface area (Å²) in [5.74, 6) is 0.710. The van der Waals surface area contributed by atoms with E-state index in [4.69, 9.17) is 4.74 Å². The summed E-state index contributed by atoms with van der Waals surface area (Å²) in [4.78, 5) is 22.1. The molecule has 14 heavy (non-hydrogen) atoms. The van der Waals surface area contributed by atoms with Gasteiger partial charge in [-0.3, -0.25) is 4.79 Å². The van der Waals surface area contributed by atoms with Gasteiger partial charge in [0.15, 0.2) is 0 Å². The Kier molecular flexibility index (Phi) is 2.40. The maximum Gasteiger partial charge on any atom is 0.330 e. The first kappa shape index (κ1) is 9.44. The van der Waals surface area contributed by atoms with E-state index in [0.717, 1.165) is 25.7 Å². The van der Waals surface area contributed by atoms with E-state index < -0.39 is 0 Å². The van der Waals surface area contributed by atoms with Crippen LogP contribution in [0.3, 0.4) is 0 Å². The average Bonchev–Trinajstić information content (AvgIpc) is 2.18. The minimum atomic E-state index is -0.375. The van der Waals surface area contributed by atoms with Crippen LogP contribution in [-0.2, 0) is 14.3 Å². The van der Waals surface area contributed by atoms with Crippen molar-refractivity contribution in [1.82, 2.24) is 0 Å². The zero-order valence-electron chi connectivity index (χ0n) is 8.07. The quantitative estimate of drug-likeness (QED) is 0.494. The molecule has 2 fully saturated rings. The van der Waals surface area contributed by atoms with Crippen molar-refractivity contribution in [3.63, 3.8) is 0 Å². The van der Waals surface area contributed by atoms with Crippen molar-refractivity contribution in [2.24, 2.45) is 11.8 Å². The van der Waals surface area contributed by atoms with E-state index in [9.17, 15) is 9.59 Å². The number of esters is 1. The van der Waals surface area contributed by atoms with E-state index in [-0.39, 0.29) is 18.0 Å². The Hall–Kier alpha value is -1.12. The molecule has 2 rings (SSSR count). The third-order valence-corrected chi connectivity index (χ3v) is 3.27. The number of Topliss-reactive ketones (excluding diaryl/α,β-unsaturated/α-hetero) is 1. The minimum absolute atomic E-state index is 0.0639. The first-order valence-corrected chi connectivity index (χ1v) is 5.06. The van der Waals surface area contributed by atoms with Crippen molar-refractivity contribution in [2.75, 3.05) is 0 Å². The van der Waals surface area contributed by atoms with Gasteiger partial charge in [-0.15, -0.1) is 0 Å². The van der Waals surface area contributed by atoms with Gasteiger partial charge in [0.1, 0.15) is 11.9 Å². The standard InChI is InChI=1S/C11H14O3/c1-2-11(13)14-8-4-3-7-5-10(12)9(7)6-8/h2,7-9H,1,3-6H2. The molecule has 0 aromatic rings.